The largest absolute Gasteiger partial charge is 0.350 e. The second-order valence-electron chi connectivity index (χ2n) is 7.42. The minimum atomic E-state index is 0.00473. The molecule has 0 radical (unpaired) electrons. The summed E-state index contributed by atoms with van der Waals surface area (Å²) in [5.74, 6) is 0.00473. The number of carbonyl (C=O) groups is 1. The second-order valence-corrected chi connectivity index (χ2v) is 8.49. The Morgan fingerprint density at radius 1 is 1.27 bits per heavy atom. The Morgan fingerprint density at radius 2 is 2.12 bits per heavy atom. The Balaban J connectivity index is 1.30. The monoisotopic (exact) mass is 373 g/mol. The van der Waals surface area contributed by atoms with Crippen LogP contribution < -0.4 is 5.32 Å². The predicted octanol–water partition coefficient (Wildman–Crippen LogP) is 2.66. The minimum Gasteiger partial charge on any atom is -0.350 e. The van der Waals surface area contributed by atoms with E-state index in [1.165, 1.54) is 37.8 Å². The standard InChI is InChI=1S/C19H27N5OS/c1-14-21-16(13-26-14)10-19(25)20-11-15-9-18-12-23(7-8-24(18)22-15)17-5-3-2-4-6-17/h9,13,17H,2-8,10-12H2,1H3,(H,20,25). The van der Waals surface area contributed by atoms with Gasteiger partial charge in [-0.25, -0.2) is 4.98 Å². The molecule has 140 valence electrons. The highest BCUT2D eigenvalue weighted by molar-refractivity contribution is 7.09. The number of carbonyl (C=O) groups excluding carboxylic acids is 1. The molecule has 1 fully saturated rings. The lowest BCUT2D eigenvalue weighted by atomic mass is 9.94. The highest BCUT2D eigenvalue weighted by Gasteiger charge is 2.25. The molecule has 1 aliphatic heterocycles. The third-order valence-corrected chi connectivity index (χ3v) is 6.27. The highest BCUT2D eigenvalue weighted by Crippen LogP contribution is 2.26. The molecule has 4 rings (SSSR count). The molecular formula is C19H27N5OS. The Kier molecular flexibility index (Phi) is 5.36. The van der Waals surface area contributed by atoms with Crippen LogP contribution in [0.4, 0.5) is 0 Å². The summed E-state index contributed by atoms with van der Waals surface area (Å²) in [6, 6.07) is 2.90. The smallest absolute Gasteiger partial charge is 0.226 e. The van der Waals surface area contributed by atoms with E-state index < -0.39 is 0 Å². The first-order valence-corrected chi connectivity index (χ1v) is 10.5. The second kappa shape index (κ2) is 7.88. The van der Waals surface area contributed by atoms with E-state index in [0.29, 0.717) is 13.0 Å². The van der Waals surface area contributed by atoms with Gasteiger partial charge in [0.2, 0.25) is 5.91 Å². The van der Waals surface area contributed by atoms with Crippen LogP contribution in [0.15, 0.2) is 11.4 Å². The zero-order chi connectivity index (χ0) is 17.9. The molecule has 26 heavy (non-hydrogen) atoms. The maximum Gasteiger partial charge on any atom is 0.226 e. The lowest BCUT2D eigenvalue weighted by Crippen LogP contribution is -2.42. The van der Waals surface area contributed by atoms with Crippen LogP contribution in [0.1, 0.15) is 54.2 Å². The molecule has 1 N–H and O–H groups in total. The summed E-state index contributed by atoms with van der Waals surface area (Å²) in [5.41, 5.74) is 3.08. The molecular weight excluding hydrogens is 346 g/mol. The van der Waals surface area contributed by atoms with Crippen LogP contribution in [0, 0.1) is 6.92 Å². The zero-order valence-corrected chi connectivity index (χ0v) is 16.2. The molecule has 0 bridgehead atoms. The van der Waals surface area contributed by atoms with Crippen molar-refractivity contribution in [3.8, 4) is 0 Å². The number of thiazole rings is 1. The van der Waals surface area contributed by atoms with E-state index in [2.05, 4.69) is 31.0 Å². The zero-order valence-electron chi connectivity index (χ0n) is 15.4. The number of rotatable bonds is 5. The van der Waals surface area contributed by atoms with Gasteiger partial charge in [0.15, 0.2) is 0 Å². The molecule has 1 saturated carbocycles. The Bertz CT molecular complexity index is 762. The molecule has 3 heterocycles. The average Bonchev–Trinajstić information content (AvgIpc) is 3.25. The third-order valence-electron chi connectivity index (χ3n) is 5.44. The molecule has 1 aliphatic carbocycles. The maximum atomic E-state index is 12.1. The van der Waals surface area contributed by atoms with Crippen LogP contribution in [-0.2, 0) is 30.8 Å². The topological polar surface area (TPSA) is 63.1 Å². The molecule has 2 aromatic heterocycles. The molecule has 0 aromatic carbocycles. The normalized spacial score (nSPS) is 18.7. The summed E-state index contributed by atoms with van der Waals surface area (Å²) >= 11 is 1.58. The van der Waals surface area contributed by atoms with Crippen molar-refractivity contribution in [3.63, 3.8) is 0 Å². The van der Waals surface area contributed by atoms with Crippen LogP contribution >= 0.6 is 11.3 Å². The van der Waals surface area contributed by atoms with Crippen LogP contribution in [0.25, 0.3) is 0 Å². The Hall–Kier alpha value is -1.73. The van der Waals surface area contributed by atoms with E-state index in [1.54, 1.807) is 11.3 Å². The Labute approximate surface area is 158 Å². The first kappa shape index (κ1) is 17.7. The van der Waals surface area contributed by atoms with Gasteiger partial charge in [-0.15, -0.1) is 11.3 Å². The van der Waals surface area contributed by atoms with Crippen LogP contribution in [0.2, 0.25) is 0 Å². The van der Waals surface area contributed by atoms with Crippen molar-refractivity contribution in [3.05, 3.63) is 33.5 Å². The number of hydrogen-bond acceptors (Lipinski definition) is 5. The van der Waals surface area contributed by atoms with Gasteiger partial charge in [0.25, 0.3) is 0 Å². The van der Waals surface area contributed by atoms with E-state index in [4.69, 9.17) is 0 Å². The SMILES string of the molecule is Cc1nc(CC(=O)NCc2cc3n(n2)CCN(C2CCCCC2)C3)cs1. The molecule has 7 heteroatoms. The third kappa shape index (κ3) is 4.15. The van der Waals surface area contributed by atoms with Gasteiger partial charge in [0.05, 0.1) is 41.6 Å². The Morgan fingerprint density at radius 3 is 2.88 bits per heavy atom. The first-order valence-electron chi connectivity index (χ1n) is 9.65. The summed E-state index contributed by atoms with van der Waals surface area (Å²) in [6.45, 7) is 5.49. The summed E-state index contributed by atoms with van der Waals surface area (Å²) < 4.78 is 2.12. The number of nitrogens with one attached hydrogen (secondary N) is 1. The first-order chi connectivity index (χ1) is 12.7. The molecule has 2 aromatic rings. The van der Waals surface area contributed by atoms with E-state index in [-0.39, 0.29) is 5.91 Å². The fraction of sp³-hybridized carbons (Fsp3) is 0.632. The van der Waals surface area contributed by atoms with Crippen LogP contribution in [0.3, 0.4) is 0 Å². The van der Waals surface area contributed by atoms with Gasteiger partial charge in [0, 0.05) is 24.5 Å². The molecule has 0 atom stereocenters. The summed E-state index contributed by atoms with van der Waals surface area (Å²) in [7, 11) is 0. The number of aromatic nitrogens is 3. The van der Waals surface area contributed by atoms with Crippen LogP contribution in [-0.4, -0.2) is 38.2 Å². The molecule has 0 unspecified atom stereocenters. The lowest BCUT2D eigenvalue weighted by Gasteiger charge is -2.36. The van der Waals surface area contributed by atoms with Gasteiger partial charge >= 0.3 is 0 Å². The van der Waals surface area contributed by atoms with Crippen molar-refractivity contribution in [2.45, 2.75) is 71.1 Å². The number of hydrogen-bond donors (Lipinski definition) is 1. The number of aryl methyl sites for hydroxylation is 1. The summed E-state index contributed by atoms with van der Waals surface area (Å²) in [5, 5.41) is 10.6. The molecule has 0 spiro atoms. The van der Waals surface area contributed by atoms with Crippen molar-refractivity contribution in [1.82, 2.24) is 25.0 Å². The summed E-state index contributed by atoms with van der Waals surface area (Å²) in [4.78, 5) is 19.1. The van der Waals surface area contributed by atoms with E-state index >= 15 is 0 Å². The number of amides is 1. The van der Waals surface area contributed by atoms with Crippen molar-refractivity contribution in [2.24, 2.45) is 0 Å². The van der Waals surface area contributed by atoms with Crippen LogP contribution in [0.5, 0.6) is 0 Å². The fourth-order valence-electron chi connectivity index (χ4n) is 4.10. The molecule has 6 nitrogen and oxygen atoms in total. The van der Waals surface area contributed by atoms with Gasteiger partial charge in [-0.05, 0) is 25.8 Å². The minimum absolute atomic E-state index is 0.00473. The fourth-order valence-corrected chi connectivity index (χ4v) is 4.71. The van der Waals surface area contributed by atoms with Crippen molar-refractivity contribution >= 4 is 17.2 Å². The number of fused-ring (bicyclic) bond motifs is 1. The predicted molar refractivity (Wildman–Crippen MR) is 102 cm³/mol. The van der Waals surface area contributed by atoms with Gasteiger partial charge < -0.3 is 5.32 Å². The van der Waals surface area contributed by atoms with Gasteiger partial charge in [-0.3, -0.25) is 14.4 Å². The molecule has 0 saturated heterocycles. The van der Waals surface area contributed by atoms with Gasteiger partial charge in [0.1, 0.15) is 0 Å². The van der Waals surface area contributed by atoms with E-state index in [9.17, 15) is 4.79 Å². The lowest BCUT2D eigenvalue weighted by molar-refractivity contribution is -0.120. The molecule has 1 amide bonds. The van der Waals surface area contributed by atoms with Gasteiger partial charge in [-0.2, -0.15) is 5.10 Å². The number of nitrogens with zero attached hydrogens (tertiary/aromatic N) is 4. The summed E-state index contributed by atoms with van der Waals surface area (Å²) in [6.07, 6.45) is 7.16. The van der Waals surface area contributed by atoms with E-state index in [0.717, 1.165) is 42.1 Å². The van der Waals surface area contributed by atoms with Gasteiger partial charge in [-0.1, -0.05) is 19.3 Å². The average molecular weight is 374 g/mol. The van der Waals surface area contributed by atoms with Crippen molar-refractivity contribution < 1.29 is 4.79 Å². The quantitative estimate of drug-likeness (QED) is 0.875. The van der Waals surface area contributed by atoms with Crippen molar-refractivity contribution in [2.75, 3.05) is 6.54 Å². The highest BCUT2D eigenvalue weighted by atomic mass is 32.1. The van der Waals surface area contributed by atoms with Crippen molar-refractivity contribution in [1.29, 1.82) is 0 Å². The van der Waals surface area contributed by atoms with E-state index in [1.807, 2.05) is 12.3 Å². The maximum absolute atomic E-state index is 12.1. The molecule has 2 aliphatic rings.